The molecule has 0 bridgehead atoms. The molecule has 92 valence electrons. The van der Waals surface area contributed by atoms with Gasteiger partial charge in [0.05, 0.1) is 0 Å². The fourth-order valence-corrected chi connectivity index (χ4v) is 3.71. The van der Waals surface area contributed by atoms with Gasteiger partial charge in [0.25, 0.3) is 0 Å². The normalized spacial score (nSPS) is 35.6. The van der Waals surface area contributed by atoms with Crippen molar-refractivity contribution >= 4 is 0 Å². The minimum absolute atomic E-state index is 0.862. The zero-order valence-corrected chi connectivity index (χ0v) is 11.3. The largest absolute Gasteiger partial charge is 0.0808 e. The van der Waals surface area contributed by atoms with Gasteiger partial charge in [0.1, 0.15) is 0 Å². The lowest BCUT2D eigenvalue weighted by atomic mass is 9.81. The van der Waals surface area contributed by atoms with Crippen LogP contribution in [-0.2, 0) is 0 Å². The van der Waals surface area contributed by atoms with Gasteiger partial charge in [-0.05, 0) is 48.9 Å². The second-order valence-electron chi connectivity index (χ2n) is 6.28. The average Bonchev–Trinajstić information content (AvgIpc) is 3.04. The Hall–Kier alpha value is -0.260. The van der Waals surface area contributed by atoms with E-state index in [4.69, 9.17) is 0 Å². The molecule has 1 saturated carbocycles. The van der Waals surface area contributed by atoms with Crippen molar-refractivity contribution in [1.82, 2.24) is 0 Å². The SMILES string of the molecule is CCCC1CCC(C)C1CCC(C)C1C=C1. The molecule has 0 nitrogen and oxygen atoms in total. The lowest BCUT2D eigenvalue weighted by molar-refractivity contribution is 0.265. The Labute approximate surface area is 102 Å². The molecule has 4 atom stereocenters. The lowest BCUT2D eigenvalue weighted by Gasteiger charge is -2.24. The maximum Gasteiger partial charge on any atom is -0.00274 e. The summed E-state index contributed by atoms with van der Waals surface area (Å²) in [7, 11) is 0. The Balaban J connectivity index is 1.76. The Bertz CT molecular complexity index is 232. The Morgan fingerprint density at radius 1 is 1.19 bits per heavy atom. The van der Waals surface area contributed by atoms with Crippen LogP contribution in [0, 0.1) is 29.6 Å². The van der Waals surface area contributed by atoms with Crippen LogP contribution in [-0.4, -0.2) is 0 Å². The minimum Gasteiger partial charge on any atom is -0.0808 e. The molecule has 0 saturated heterocycles. The van der Waals surface area contributed by atoms with Crippen LogP contribution in [0.1, 0.15) is 59.3 Å². The van der Waals surface area contributed by atoms with Crippen molar-refractivity contribution in [1.29, 1.82) is 0 Å². The Morgan fingerprint density at radius 2 is 1.94 bits per heavy atom. The van der Waals surface area contributed by atoms with Gasteiger partial charge in [-0.2, -0.15) is 0 Å². The van der Waals surface area contributed by atoms with E-state index in [9.17, 15) is 0 Å². The predicted octanol–water partition coefficient (Wildman–Crippen LogP) is 5.05. The van der Waals surface area contributed by atoms with Gasteiger partial charge in [0.15, 0.2) is 0 Å². The number of hydrogen-bond acceptors (Lipinski definition) is 0. The van der Waals surface area contributed by atoms with Gasteiger partial charge in [-0.3, -0.25) is 0 Å². The maximum atomic E-state index is 2.49. The van der Waals surface area contributed by atoms with Gasteiger partial charge in [-0.25, -0.2) is 0 Å². The predicted molar refractivity (Wildman–Crippen MR) is 71.3 cm³/mol. The van der Waals surface area contributed by atoms with Crippen LogP contribution in [0.25, 0.3) is 0 Å². The molecule has 0 radical (unpaired) electrons. The quantitative estimate of drug-likeness (QED) is 0.549. The van der Waals surface area contributed by atoms with Gasteiger partial charge in [0, 0.05) is 0 Å². The van der Waals surface area contributed by atoms with E-state index in [1.807, 2.05) is 0 Å². The summed E-state index contributed by atoms with van der Waals surface area (Å²) in [5.74, 6) is 4.87. The highest BCUT2D eigenvalue weighted by Gasteiger charge is 2.33. The van der Waals surface area contributed by atoms with Crippen LogP contribution < -0.4 is 0 Å². The molecule has 0 heteroatoms. The monoisotopic (exact) mass is 220 g/mol. The average molecular weight is 220 g/mol. The molecule has 0 aromatic heterocycles. The molecule has 0 aliphatic heterocycles. The summed E-state index contributed by atoms with van der Waals surface area (Å²) in [6.45, 7) is 7.26. The topological polar surface area (TPSA) is 0 Å². The maximum absolute atomic E-state index is 2.49. The van der Waals surface area contributed by atoms with Crippen molar-refractivity contribution in [2.24, 2.45) is 29.6 Å². The van der Waals surface area contributed by atoms with Gasteiger partial charge < -0.3 is 0 Å². The van der Waals surface area contributed by atoms with Gasteiger partial charge in [-0.15, -0.1) is 0 Å². The summed E-state index contributed by atoms with van der Waals surface area (Å²) in [6, 6.07) is 0. The van der Waals surface area contributed by atoms with Crippen molar-refractivity contribution in [3.63, 3.8) is 0 Å². The molecular weight excluding hydrogens is 192 g/mol. The third-order valence-electron chi connectivity index (χ3n) is 5.02. The van der Waals surface area contributed by atoms with E-state index in [1.165, 1.54) is 38.5 Å². The number of hydrogen-bond donors (Lipinski definition) is 0. The molecule has 0 heterocycles. The zero-order valence-electron chi connectivity index (χ0n) is 11.3. The molecule has 0 aromatic carbocycles. The summed E-state index contributed by atoms with van der Waals surface area (Å²) in [5.41, 5.74) is 0. The molecular formula is C16H28. The van der Waals surface area contributed by atoms with E-state index in [1.54, 1.807) is 0 Å². The van der Waals surface area contributed by atoms with Crippen LogP contribution in [0.15, 0.2) is 12.2 Å². The fraction of sp³-hybridized carbons (Fsp3) is 0.875. The van der Waals surface area contributed by atoms with Crippen LogP contribution in [0.5, 0.6) is 0 Å². The molecule has 1 fully saturated rings. The van der Waals surface area contributed by atoms with E-state index < -0.39 is 0 Å². The van der Waals surface area contributed by atoms with E-state index in [2.05, 4.69) is 32.9 Å². The second-order valence-corrected chi connectivity index (χ2v) is 6.28. The van der Waals surface area contributed by atoms with E-state index in [-0.39, 0.29) is 0 Å². The van der Waals surface area contributed by atoms with E-state index in [0.29, 0.717) is 0 Å². The minimum atomic E-state index is 0.862. The first-order chi connectivity index (χ1) is 7.72. The number of allylic oxidation sites excluding steroid dienone is 2. The highest BCUT2D eigenvalue weighted by atomic mass is 14.4. The second kappa shape index (κ2) is 5.38. The molecule has 0 spiro atoms. The van der Waals surface area contributed by atoms with Gasteiger partial charge >= 0.3 is 0 Å². The highest BCUT2D eigenvalue weighted by Crippen LogP contribution is 2.43. The van der Waals surface area contributed by atoms with Crippen LogP contribution in [0.3, 0.4) is 0 Å². The van der Waals surface area contributed by atoms with Crippen LogP contribution >= 0.6 is 0 Å². The molecule has 16 heavy (non-hydrogen) atoms. The van der Waals surface area contributed by atoms with E-state index in [0.717, 1.165) is 29.6 Å². The van der Waals surface area contributed by atoms with Crippen molar-refractivity contribution in [2.75, 3.05) is 0 Å². The summed E-state index contributed by atoms with van der Waals surface area (Å²) in [6.07, 6.45) is 13.5. The Morgan fingerprint density at radius 3 is 2.56 bits per heavy atom. The fourth-order valence-electron chi connectivity index (χ4n) is 3.71. The molecule has 0 amide bonds. The molecule has 0 N–H and O–H groups in total. The summed E-state index contributed by atoms with van der Waals surface area (Å²) >= 11 is 0. The summed E-state index contributed by atoms with van der Waals surface area (Å²) in [5, 5.41) is 0. The molecule has 2 aliphatic carbocycles. The summed E-state index contributed by atoms with van der Waals surface area (Å²) < 4.78 is 0. The molecule has 0 aromatic rings. The van der Waals surface area contributed by atoms with Crippen LogP contribution in [0.4, 0.5) is 0 Å². The number of rotatable bonds is 6. The van der Waals surface area contributed by atoms with Crippen LogP contribution in [0.2, 0.25) is 0 Å². The smallest absolute Gasteiger partial charge is 0.00274 e. The zero-order chi connectivity index (χ0) is 11.5. The molecule has 4 unspecified atom stereocenters. The third kappa shape index (κ3) is 2.90. The van der Waals surface area contributed by atoms with E-state index >= 15 is 0 Å². The van der Waals surface area contributed by atoms with Gasteiger partial charge in [0.2, 0.25) is 0 Å². The van der Waals surface area contributed by atoms with Crippen molar-refractivity contribution in [3.8, 4) is 0 Å². The highest BCUT2D eigenvalue weighted by molar-refractivity contribution is 5.14. The van der Waals surface area contributed by atoms with Crippen molar-refractivity contribution < 1.29 is 0 Å². The first kappa shape index (κ1) is 12.2. The first-order valence-corrected chi connectivity index (χ1v) is 7.40. The van der Waals surface area contributed by atoms with Crippen molar-refractivity contribution in [3.05, 3.63) is 12.2 Å². The van der Waals surface area contributed by atoms with Gasteiger partial charge in [-0.1, -0.05) is 52.2 Å². The first-order valence-electron chi connectivity index (χ1n) is 7.40. The molecule has 2 aliphatic rings. The van der Waals surface area contributed by atoms with Crippen molar-refractivity contribution in [2.45, 2.75) is 59.3 Å². The lowest BCUT2D eigenvalue weighted by Crippen LogP contribution is -2.15. The third-order valence-corrected chi connectivity index (χ3v) is 5.02. The molecule has 2 rings (SSSR count). The summed E-state index contributed by atoms with van der Waals surface area (Å²) in [4.78, 5) is 0. The standard InChI is InChI=1S/C16H28/c1-4-5-15-8-6-13(3)16(15)11-7-12(2)14-9-10-14/h9-10,12-16H,4-8,11H2,1-3H3. The Kier molecular flexibility index (Phi) is 4.10.